The summed E-state index contributed by atoms with van der Waals surface area (Å²) in [5, 5.41) is 0. The molecular weight excluding hydrogens is 292 g/mol. The van der Waals surface area contributed by atoms with Gasteiger partial charge in [-0.1, -0.05) is 32.4 Å². The molecule has 0 unspecified atom stereocenters. The van der Waals surface area contributed by atoms with Crippen molar-refractivity contribution >= 4 is 11.9 Å². The zero-order valence-electron chi connectivity index (χ0n) is 15.6. The minimum Gasteiger partial charge on any atom is -0.463 e. The van der Waals surface area contributed by atoms with Gasteiger partial charge in [0.1, 0.15) is 0 Å². The molecule has 0 aliphatic rings. The van der Waals surface area contributed by atoms with E-state index < -0.39 is 5.92 Å². The summed E-state index contributed by atoms with van der Waals surface area (Å²) in [7, 11) is 0. The Morgan fingerprint density at radius 3 is 2.04 bits per heavy atom. The smallest absolute Gasteiger partial charge is 0.310 e. The molecule has 0 radical (unpaired) electrons. The summed E-state index contributed by atoms with van der Waals surface area (Å²) in [6, 6.07) is 0. The van der Waals surface area contributed by atoms with E-state index in [0.717, 1.165) is 12.8 Å². The summed E-state index contributed by atoms with van der Waals surface area (Å²) < 4.78 is 10.4. The van der Waals surface area contributed by atoms with Crippen LogP contribution in [0.1, 0.15) is 73.6 Å². The van der Waals surface area contributed by atoms with Crippen LogP contribution in [0.25, 0.3) is 0 Å². The Hall–Kier alpha value is -1.32. The highest BCUT2D eigenvalue weighted by molar-refractivity contribution is 5.80. The third kappa shape index (κ3) is 12.9. The van der Waals surface area contributed by atoms with Gasteiger partial charge in [-0.3, -0.25) is 9.59 Å². The van der Waals surface area contributed by atoms with Gasteiger partial charge in [0, 0.05) is 0 Å². The molecule has 0 heterocycles. The maximum Gasteiger partial charge on any atom is 0.310 e. The largest absolute Gasteiger partial charge is 0.463 e. The SMILES string of the molecule is CC(C)CCCC=CC[C@H](CC(=O)OC(C)C)C(=O)OC(C)C. The molecule has 0 spiro atoms. The summed E-state index contributed by atoms with van der Waals surface area (Å²) in [6.45, 7) is 11.6. The van der Waals surface area contributed by atoms with Crippen molar-refractivity contribution in [2.24, 2.45) is 11.8 Å². The molecule has 4 heteroatoms. The second kappa shape index (κ2) is 12.1. The number of rotatable bonds is 11. The first kappa shape index (κ1) is 21.7. The molecule has 134 valence electrons. The molecule has 0 bridgehead atoms. The van der Waals surface area contributed by atoms with Gasteiger partial charge >= 0.3 is 11.9 Å². The third-order valence-electron chi connectivity index (χ3n) is 3.20. The highest BCUT2D eigenvalue weighted by Crippen LogP contribution is 2.16. The number of unbranched alkanes of at least 4 members (excludes halogenated alkanes) is 1. The highest BCUT2D eigenvalue weighted by Gasteiger charge is 2.24. The van der Waals surface area contributed by atoms with E-state index in [9.17, 15) is 9.59 Å². The van der Waals surface area contributed by atoms with E-state index in [1.807, 2.05) is 19.9 Å². The standard InChI is InChI=1S/C19H34O4/c1-14(2)11-9-7-8-10-12-17(19(21)23-16(5)6)13-18(20)22-15(3)4/h8,10,14-17H,7,9,11-13H2,1-6H3/t17-/m1/s1. The Labute approximate surface area is 141 Å². The van der Waals surface area contributed by atoms with Gasteiger partial charge in [-0.25, -0.2) is 0 Å². The number of carbonyl (C=O) groups excluding carboxylic acids is 2. The molecule has 23 heavy (non-hydrogen) atoms. The van der Waals surface area contributed by atoms with Crippen molar-refractivity contribution in [3.05, 3.63) is 12.2 Å². The first-order chi connectivity index (χ1) is 10.7. The maximum atomic E-state index is 12.1. The van der Waals surface area contributed by atoms with Crippen molar-refractivity contribution < 1.29 is 19.1 Å². The topological polar surface area (TPSA) is 52.6 Å². The van der Waals surface area contributed by atoms with Crippen LogP contribution in [0.5, 0.6) is 0 Å². The van der Waals surface area contributed by atoms with Crippen LogP contribution in [-0.2, 0) is 19.1 Å². The van der Waals surface area contributed by atoms with E-state index in [4.69, 9.17) is 9.47 Å². The average Bonchev–Trinajstić information content (AvgIpc) is 2.39. The molecule has 1 atom stereocenters. The van der Waals surface area contributed by atoms with Crippen LogP contribution in [0.2, 0.25) is 0 Å². The molecule has 0 aromatic carbocycles. The zero-order valence-corrected chi connectivity index (χ0v) is 15.6. The second-order valence-electron chi connectivity index (χ2n) is 6.96. The second-order valence-corrected chi connectivity index (χ2v) is 6.96. The van der Waals surface area contributed by atoms with E-state index in [2.05, 4.69) is 19.9 Å². The van der Waals surface area contributed by atoms with E-state index in [1.165, 1.54) is 6.42 Å². The lowest BCUT2D eigenvalue weighted by atomic mass is 10.0. The lowest BCUT2D eigenvalue weighted by Crippen LogP contribution is -2.25. The van der Waals surface area contributed by atoms with Gasteiger partial charge in [-0.15, -0.1) is 0 Å². The molecule has 0 aliphatic carbocycles. The summed E-state index contributed by atoms with van der Waals surface area (Å²) in [5.41, 5.74) is 0. The summed E-state index contributed by atoms with van der Waals surface area (Å²) in [4.78, 5) is 23.9. The summed E-state index contributed by atoms with van der Waals surface area (Å²) in [5.74, 6) is -0.431. The number of carbonyl (C=O) groups is 2. The predicted octanol–water partition coefficient (Wildman–Crippen LogP) is 4.67. The molecule has 0 aromatic rings. The van der Waals surface area contributed by atoms with Crippen molar-refractivity contribution in [3.8, 4) is 0 Å². The van der Waals surface area contributed by atoms with Crippen molar-refractivity contribution in [3.63, 3.8) is 0 Å². The van der Waals surface area contributed by atoms with Crippen molar-refractivity contribution in [1.82, 2.24) is 0 Å². The van der Waals surface area contributed by atoms with Crippen LogP contribution in [0.15, 0.2) is 12.2 Å². The fourth-order valence-corrected chi connectivity index (χ4v) is 2.13. The van der Waals surface area contributed by atoms with Crippen LogP contribution in [0.3, 0.4) is 0 Å². The Kier molecular flexibility index (Phi) is 11.4. The minimum absolute atomic E-state index is 0.0695. The van der Waals surface area contributed by atoms with E-state index in [1.54, 1.807) is 13.8 Å². The van der Waals surface area contributed by atoms with Gasteiger partial charge in [0.25, 0.3) is 0 Å². The number of allylic oxidation sites excluding steroid dienone is 2. The summed E-state index contributed by atoms with van der Waals surface area (Å²) in [6.07, 6.45) is 7.65. The zero-order chi connectivity index (χ0) is 17.8. The normalized spacial score (nSPS) is 13.1. The highest BCUT2D eigenvalue weighted by atomic mass is 16.5. The van der Waals surface area contributed by atoms with Gasteiger partial charge < -0.3 is 9.47 Å². The van der Waals surface area contributed by atoms with E-state index >= 15 is 0 Å². The van der Waals surface area contributed by atoms with Crippen LogP contribution >= 0.6 is 0 Å². The Balaban J connectivity index is 4.45. The number of hydrogen-bond acceptors (Lipinski definition) is 4. The number of ether oxygens (including phenoxy) is 2. The van der Waals surface area contributed by atoms with Gasteiger partial charge in [-0.2, -0.15) is 0 Å². The van der Waals surface area contributed by atoms with Crippen molar-refractivity contribution in [1.29, 1.82) is 0 Å². The van der Waals surface area contributed by atoms with Gasteiger partial charge in [-0.05, 0) is 52.9 Å². The fourth-order valence-electron chi connectivity index (χ4n) is 2.13. The Morgan fingerprint density at radius 1 is 0.913 bits per heavy atom. The van der Waals surface area contributed by atoms with Crippen LogP contribution in [-0.4, -0.2) is 24.1 Å². The lowest BCUT2D eigenvalue weighted by Gasteiger charge is -2.16. The lowest BCUT2D eigenvalue weighted by molar-refractivity contribution is -0.159. The predicted molar refractivity (Wildman–Crippen MR) is 93.0 cm³/mol. The molecule has 0 saturated heterocycles. The molecule has 0 aliphatic heterocycles. The van der Waals surface area contributed by atoms with E-state index in [0.29, 0.717) is 12.3 Å². The monoisotopic (exact) mass is 326 g/mol. The third-order valence-corrected chi connectivity index (χ3v) is 3.20. The fraction of sp³-hybridized carbons (Fsp3) is 0.789. The molecule has 4 nitrogen and oxygen atoms in total. The molecular formula is C19H34O4. The molecule has 0 amide bonds. The van der Waals surface area contributed by atoms with Crippen LogP contribution in [0.4, 0.5) is 0 Å². The first-order valence-electron chi connectivity index (χ1n) is 8.77. The molecule has 0 saturated carbocycles. The Bertz CT molecular complexity index is 370. The Morgan fingerprint density at radius 2 is 1.52 bits per heavy atom. The first-order valence-corrected chi connectivity index (χ1v) is 8.77. The molecule has 0 rings (SSSR count). The summed E-state index contributed by atoms with van der Waals surface area (Å²) >= 11 is 0. The molecule has 0 N–H and O–H groups in total. The minimum atomic E-state index is -0.468. The maximum absolute atomic E-state index is 12.1. The van der Waals surface area contributed by atoms with E-state index in [-0.39, 0.29) is 30.6 Å². The van der Waals surface area contributed by atoms with Crippen LogP contribution in [0, 0.1) is 11.8 Å². The van der Waals surface area contributed by atoms with Gasteiger partial charge in [0.2, 0.25) is 0 Å². The number of hydrogen-bond donors (Lipinski definition) is 0. The van der Waals surface area contributed by atoms with Gasteiger partial charge in [0.15, 0.2) is 0 Å². The molecule has 0 aromatic heterocycles. The van der Waals surface area contributed by atoms with Crippen molar-refractivity contribution in [2.45, 2.75) is 85.9 Å². The van der Waals surface area contributed by atoms with Crippen molar-refractivity contribution in [2.75, 3.05) is 0 Å². The average molecular weight is 326 g/mol. The van der Waals surface area contributed by atoms with Crippen LogP contribution < -0.4 is 0 Å². The number of esters is 2. The quantitative estimate of drug-likeness (QED) is 0.314. The molecule has 0 fully saturated rings. The van der Waals surface area contributed by atoms with Gasteiger partial charge in [0.05, 0.1) is 24.5 Å².